The highest BCUT2D eigenvalue weighted by atomic mass is 16.5. The molecule has 0 aliphatic carbocycles. The van der Waals surface area contributed by atoms with Crippen LogP contribution in [0.4, 0.5) is 0 Å². The number of carbonyl (C=O) groups is 1. The maximum absolute atomic E-state index is 11.7. The molecule has 0 amide bonds. The Labute approximate surface area is 130 Å². The zero-order chi connectivity index (χ0) is 15.9. The quantitative estimate of drug-likeness (QED) is 0.770. The maximum Gasteiger partial charge on any atom is 0.313 e. The number of hydrogen-bond acceptors (Lipinski definition) is 4. The molecule has 2 rings (SSSR count). The van der Waals surface area contributed by atoms with Crippen LogP contribution < -0.4 is 0 Å². The zero-order valence-corrected chi connectivity index (χ0v) is 12.7. The van der Waals surface area contributed by atoms with Gasteiger partial charge in [0.1, 0.15) is 5.92 Å². The second-order valence-electron chi connectivity index (χ2n) is 5.29. The Kier molecular flexibility index (Phi) is 5.92. The molecule has 0 saturated heterocycles. The van der Waals surface area contributed by atoms with Gasteiger partial charge in [0.15, 0.2) is 0 Å². The molecule has 2 N–H and O–H groups in total. The van der Waals surface area contributed by atoms with Crippen molar-refractivity contribution in [2.24, 2.45) is 5.92 Å². The van der Waals surface area contributed by atoms with E-state index in [1.165, 1.54) is 0 Å². The third-order valence-corrected chi connectivity index (χ3v) is 3.84. The molecule has 0 aromatic heterocycles. The summed E-state index contributed by atoms with van der Waals surface area (Å²) in [5.41, 5.74) is 1.12. The fourth-order valence-corrected chi connectivity index (χ4v) is 2.62. The molecule has 0 radical (unpaired) electrons. The third-order valence-electron chi connectivity index (χ3n) is 3.84. The Hall–Kier alpha value is -1.91. The van der Waals surface area contributed by atoms with E-state index >= 15 is 0 Å². The molecule has 2 aromatic rings. The largest absolute Gasteiger partial charge is 0.466 e. The molecule has 2 atom stereocenters. The first-order chi connectivity index (χ1) is 10.7. The number of carbonyl (C=O) groups excluding carboxylic acids is 1. The molecule has 4 nitrogen and oxygen atoms in total. The highest BCUT2D eigenvalue weighted by Crippen LogP contribution is 2.21. The predicted octanol–water partition coefficient (Wildman–Crippen LogP) is 2.30. The van der Waals surface area contributed by atoms with E-state index in [2.05, 4.69) is 0 Å². The highest BCUT2D eigenvalue weighted by Gasteiger charge is 2.27. The van der Waals surface area contributed by atoms with Gasteiger partial charge in [-0.1, -0.05) is 42.5 Å². The van der Waals surface area contributed by atoms with Crippen LogP contribution in [-0.4, -0.2) is 35.5 Å². The average molecular weight is 302 g/mol. The molecule has 0 aliphatic rings. The number of fused-ring (bicyclic) bond motifs is 1. The monoisotopic (exact) mass is 302 g/mol. The lowest BCUT2D eigenvalue weighted by molar-refractivity contribution is -0.154. The van der Waals surface area contributed by atoms with Crippen molar-refractivity contribution < 1.29 is 19.7 Å². The molecule has 0 saturated carbocycles. The number of hydrogen-bond donors (Lipinski definition) is 2. The molecule has 22 heavy (non-hydrogen) atoms. The molecule has 4 heteroatoms. The third kappa shape index (κ3) is 3.84. The highest BCUT2D eigenvalue weighted by molar-refractivity contribution is 5.85. The van der Waals surface area contributed by atoms with E-state index in [1.807, 2.05) is 42.5 Å². The molecule has 0 aliphatic heterocycles. The minimum absolute atomic E-state index is 0.241. The van der Waals surface area contributed by atoms with Gasteiger partial charge in [0, 0.05) is 0 Å². The standard InChI is InChI=1S/C18H22O4/c1-2-22-18(21)16(12-19)17(20)11-10-14-8-5-7-13-6-3-4-9-15(13)14/h3-9,16-17,19-20H,2,10-12H2,1H3/t16-,17-/m0/s1. The Morgan fingerprint density at radius 2 is 1.91 bits per heavy atom. The molecule has 0 unspecified atom stereocenters. The maximum atomic E-state index is 11.7. The number of aliphatic hydroxyl groups excluding tert-OH is 2. The average Bonchev–Trinajstić information content (AvgIpc) is 2.53. The predicted molar refractivity (Wildman–Crippen MR) is 85.5 cm³/mol. The second-order valence-corrected chi connectivity index (χ2v) is 5.29. The molecule has 0 heterocycles. The van der Waals surface area contributed by atoms with Crippen molar-refractivity contribution in [2.75, 3.05) is 13.2 Å². The molecule has 0 spiro atoms. The number of ether oxygens (including phenoxy) is 1. The van der Waals surface area contributed by atoms with E-state index in [4.69, 9.17) is 4.74 Å². The van der Waals surface area contributed by atoms with Gasteiger partial charge in [-0.05, 0) is 36.1 Å². The lowest BCUT2D eigenvalue weighted by Gasteiger charge is -2.19. The van der Waals surface area contributed by atoms with Crippen molar-refractivity contribution in [3.63, 3.8) is 0 Å². The van der Waals surface area contributed by atoms with E-state index in [0.717, 1.165) is 16.3 Å². The minimum atomic E-state index is -0.914. The first-order valence-corrected chi connectivity index (χ1v) is 7.59. The van der Waals surface area contributed by atoms with Crippen molar-refractivity contribution in [3.05, 3.63) is 48.0 Å². The van der Waals surface area contributed by atoms with Gasteiger partial charge in [0.05, 0.1) is 19.3 Å². The topological polar surface area (TPSA) is 66.8 Å². The van der Waals surface area contributed by atoms with Crippen LogP contribution in [0.1, 0.15) is 18.9 Å². The van der Waals surface area contributed by atoms with Crippen LogP contribution in [-0.2, 0) is 16.0 Å². The molecule has 0 fully saturated rings. The van der Waals surface area contributed by atoms with E-state index < -0.39 is 24.6 Å². The van der Waals surface area contributed by atoms with Gasteiger partial charge in [-0.15, -0.1) is 0 Å². The lowest BCUT2D eigenvalue weighted by atomic mass is 9.94. The van der Waals surface area contributed by atoms with Crippen molar-refractivity contribution in [3.8, 4) is 0 Å². The number of rotatable bonds is 7. The van der Waals surface area contributed by atoms with Crippen molar-refractivity contribution >= 4 is 16.7 Å². The Morgan fingerprint density at radius 3 is 2.64 bits per heavy atom. The van der Waals surface area contributed by atoms with Crippen LogP contribution >= 0.6 is 0 Å². The van der Waals surface area contributed by atoms with Crippen molar-refractivity contribution in [1.82, 2.24) is 0 Å². The molecular weight excluding hydrogens is 280 g/mol. The number of aliphatic hydroxyl groups is 2. The van der Waals surface area contributed by atoms with Gasteiger partial charge < -0.3 is 14.9 Å². The summed E-state index contributed by atoms with van der Waals surface area (Å²) in [5, 5.41) is 21.8. The van der Waals surface area contributed by atoms with E-state index in [1.54, 1.807) is 6.92 Å². The van der Waals surface area contributed by atoms with Gasteiger partial charge in [0.2, 0.25) is 0 Å². The van der Waals surface area contributed by atoms with Crippen LogP contribution in [0.25, 0.3) is 10.8 Å². The van der Waals surface area contributed by atoms with E-state index in [9.17, 15) is 15.0 Å². The van der Waals surface area contributed by atoms with Gasteiger partial charge in [-0.3, -0.25) is 4.79 Å². The smallest absolute Gasteiger partial charge is 0.313 e. The SMILES string of the molecule is CCOC(=O)[C@@H](CO)[C@@H](O)CCc1cccc2ccccc12. The van der Waals surface area contributed by atoms with E-state index in [0.29, 0.717) is 12.8 Å². The summed E-state index contributed by atoms with van der Waals surface area (Å²) in [5.74, 6) is -1.43. The number of benzene rings is 2. The number of aryl methyl sites for hydroxylation is 1. The Bertz CT molecular complexity index is 618. The van der Waals surface area contributed by atoms with Gasteiger partial charge in [-0.2, -0.15) is 0 Å². The first-order valence-electron chi connectivity index (χ1n) is 7.59. The second kappa shape index (κ2) is 7.92. The van der Waals surface area contributed by atoms with Gasteiger partial charge in [0.25, 0.3) is 0 Å². The summed E-state index contributed by atoms with van der Waals surface area (Å²) in [4.78, 5) is 11.7. The summed E-state index contributed by atoms with van der Waals surface area (Å²) >= 11 is 0. The fourth-order valence-electron chi connectivity index (χ4n) is 2.62. The Morgan fingerprint density at radius 1 is 1.18 bits per heavy atom. The van der Waals surface area contributed by atoms with Crippen LogP contribution in [0.5, 0.6) is 0 Å². The van der Waals surface area contributed by atoms with Crippen molar-refractivity contribution in [2.45, 2.75) is 25.9 Å². The minimum Gasteiger partial charge on any atom is -0.466 e. The van der Waals surface area contributed by atoms with Gasteiger partial charge in [-0.25, -0.2) is 0 Å². The van der Waals surface area contributed by atoms with Gasteiger partial charge >= 0.3 is 5.97 Å². The first kappa shape index (κ1) is 16.5. The Balaban J connectivity index is 2.06. The molecule has 118 valence electrons. The summed E-state index contributed by atoms with van der Waals surface area (Å²) < 4.78 is 4.88. The normalized spacial score (nSPS) is 13.8. The summed E-state index contributed by atoms with van der Waals surface area (Å²) in [6, 6.07) is 14.1. The zero-order valence-electron chi connectivity index (χ0n) is 12.7. The summed E-state index contributed by atoms with van der Waals surface area (Å²) in [6.07, 6.45) is 0.124. The summed E-state index contributed by atoms with van der Waals surface area (Å²) in [7, 11) is 0. The van der Waals surface area contributed by atoms with E-state index in [-0.39, 0.29) is 6.61 Å². The lowest BCUT2D eigenvalue weighted by Crippen LogP contribution is -2.33. The molecular formula is C18H22O4. The van der Waals surface area contributed by atoms with Crippen LogP contribution in [0, 0.1) is 5.92 Å². The number of esters is 1. The molecule has 2 aromatic carbocycles. The van der Waals surface area contributed by atoms with Crippen molar-refractivity contribution in [1.29, 1.82) is 0 Å². The van der Waals surface area contributed by atoms with Crippen LogP contribution in [0.2, 0.25) is 0 Å². The fraction of sp³-hybridized carbons (Fsp3) is 0.389. The van der Waals surface area contributed by atoms with Crippen LogP contribution in [0.15, 0.2) is 42.5 Å². The molecule has 0 bridgehead atoms. The summed E-state index contributed by atoms with van der Waals surface area (Å²) in [6.45, 7) is 1.54. The van der Waals surface area contributed by atoms with Crippen LogP contribution in [0.3, 0.4) is 0 Å².